The molecule has 0 spiro atoms. The lowest BCUT2D eigenvalue weighted by Crippen LogP contribution is -2.35. The summed E-state index contributed by atoms with van der Waals surface area (Å²) in [6.45, 7) is 6.47. The second-order valence-electron chi connectivity index (χ2n) is 10.3. The van der Waals surface area contributed by atoms with Gasteiger partial charge in [-0.2, -0.15) is 0 Å². The number of hydrogen-bond donors (Lipinski definition) is 1. The van der Waals surface area contributed by atoms with E-state index in [4.69, 9.17) is 14.7 Å². The van der Waals surface area contributed by atoms with E-state index in [0.717, 1.165) is 74.1 Å². The molecular weight excluding hydrogens is 476 g/mol. The minimum Gasteiger partial charge on any atom is -0.379 e. The lowest BCUT2D eigenvalue weighted by atomic mass is 9.89. The summed E-state index contributed by atoms with van der Waals surface area (Å²) in [4.78, 5) is 27.0. The number of anilines is 2. The van der Waals surface area contributed by atoms with Crippen LogP contribution in [0.1, 0.15) is 45.9 Å². The third-order valence-electron chi connectivity index (χ3n) is 7.68. The summed E-state index contributed by atoms with van der Waals surface area (Å²) >= 11 is 0. The van der Waals surface area contributed by atoms with Crippen molar-refractivity contribution in [3.63, 3.8) is 0 Å². The van der Waals surface area contributed by atoms with Crippen LogP contribution < -0.4 is 10.6 Å². The fourth-order valence-electron chi connectivity index (χ4n) is 5.38. The van der Waals surface area contributed by atoms with Gasteiger partial charge in [-0.05, 0) is 86.4 Å². The van der Waals surface area contributed by atoms with Gasteiger partial charge in [0, 0.05) is 43.3 Å². The van der Waals surface area contributed by atoms with Crippen molar-refractivity contribution in [2.45, 2.75) is 25.3 Å². The summed E-state index contributed by atoms with van der Waals surface area (Å²) in [5, 5.41) is 7.40. The molecule has 3 aliphatic heterocycles. The van der Waals surface area contributed by atoms with E-state index in [-0.39, 0.29) is 5.91 Å². The van der Waals surface area contributed by atoms with Gasteiger partial charge in [0.25, 0.3) is 5.91 Å². The van der Waals surface area contributed by atoms with Crippen LogP contribution in [0, 0.1) is 0 Å². The fraction of sp³-hybridized carbons (Fsp3) is 0.367. The lowest BCUT2D eigenvalue weighted by molar-refractivity contribution is 0.0336. The number of nitrogens with zero attached hydrogens (tertiary/aromatic N) is 5. The van der Waals surface area contributed by atoms with Gasteiger partial charge in [-0.1, -0.05) is 12.1 Å². The molecule has 0 unspecified atom stereocenters. The third kappa shape index (κ3) is 5.48. The zero-order valence-electron chi connectivity index (χ0n) is 21.8. The Balaban J connectivity index is 1.24. The average molecular weight is 510 g/mol. The molecule has 0 saturated carbocycles. The number of nitrogens with one attached hydrogen (secondary N) is 1. The molecule has 0 bridgehead atoms. The predicted octanol–water partition coefficient (Wildman–Crippen LogP) is 4.26. The van der Waals surface area contributed by atoms with Crippen LogP contribution in [0.15, 0.2) is 54.9 Å². The van der Waals surface area contributed by atoms with E-state index < -0.39 is 0 Å². The molecule has 38 heavy (non-hydrogen) atoms. The van der Waals surface area contributed by atoms with Crippen LogP contribution in [-0.2, 0) is 11.3 Å². The summed E-state index contributed by atoms with van der Waals surface area (Å²) in [5.41, 5.74) is 6.25. The molecule has 8 nitrogen and oxygen atoms in total. The first-order valence-electron chi connectivity index (χ1n) is 13.4. The number of aromatic nitrogens is 2. The Kier molecular flexibility index (Phi) is 7.18. The second kappa shape index (κ2) is 11.0. The molecule has 1 aromatic carbocycles. The van der Waals surface area contributed by atoms with E-state index in [1.54, 1.807) is 6.20 Å². The molecular formula is C30H33N6O2. The number of morpholine rings is 1. The zero-order valence-corrected chi connectivity index (χ0v) is 21.8. The summed E-state index contributed by atoms with van der Waals surface area (Å²) < 4.78 is 5.44. The number of likely N-dealkylation sites (tertiary alicyclic amines) is 1. The minimum absolute atomic E-state index is 0.286. The van der Waals surface area contributed by atoms with Crippen molar-refractivity contribution >= 4 is 23.5 Å². The minimum atomic E-state index is -0.286. The molecule has 3 aliphatic rings. The van der Waals surface area contributed by atoms with Gasteiger partial charge in [0.05, 0.1) is 30.2 Å². The van der Waals surface area contributed by atoms with Gasteiger partial charge in [-0.25, -0.2) is 10.3 Å². The topological polar surface area (TPSA) is 84.7 Å². The van der Waals surface area contributed by atoms with Crippen molar-refractivity contribution in [2.75, 3.05) is 51.8 Å². The van der Waals surface area contributed by atoms with Gasteiger partial charge in [0.15, 0.2) is 0 Å². The maximum atomic E-state index is 12.7. The van der Waals surface area contributed by atoms with Crippen molar-refractivity contribution in [1.82, 2.24) is 25.1 Å². The van der Waals surface area contributed by atoms with Gasteiger partial charge in [0.1, 0.15) is 5.82 Å². The number of ether oxygens (including phenoxy) is 1. The molecule has 8 heteroatoms. The van der Waals surface area contributed by atoms with E-state index in [0.29, 0.717) is 17.3 Å². The highest BCUT2D eigenvalue weighted by Crippen LogP contribution is 2.32. The Morgan fingerprint density at radius 3 is 2.55 bits per heavy atom. The van der Waals surface area contributed by atoms with Gasteiger partial charge in [0.2, 0.25) is 0 Å². The Labute approximate surface area is 223 Å². The molecule has 2 aromatic heterocycles. The number of carbonyl (C=O) groups is 1. The number of fused-ring (bicyclic) bond motifs is 1. The zero-order chi connectivity index (χ0) is 25.9. The number of rotatable bonds is 6. The molecule has 0 atom stereocenters. The second-order valence-corrected chi connectivity index (χ2v) is 10.3. The van der Waals surface area contributed by atoms with E-state index in [9.17, 15) is 4.79 Å². The number of piperidine rings is 1. The largest absolute Gasteiger partial charge is 0.379 e. The Morgan fingerprint density at radius 2 is 1.82 bits per heavy atom. The van der Waals surface area contributed by atoms with Crippen molar-refractivity contribution in [1.29, 1.82) is 0 Å². The first-order valence-corrected chi connectivity index (χ1v) is 13.4. The Bertz CT molecular complexity index is 1310. The van der Waals surface area contributed by atoms with E-state index >= 15 is 0 Å². The first-order chi connectivity index (χ1) is 18.6. The van der Waals surface area contributed by atoms with Gasteiger partial charge in [-0.15, -0.1) is 0 Å². The summed E-state index contributed by atoms with van der Waals surface area (Å²) in [6.07, 6.45) is 7.64. The van der Waals surface area contributed by atoms with E-state index in [2.05, 4.69) is 63.9 Å². The summed E-state index contributed by atoms with van der Waals surface area (Å²) in [5.74, 6) is 0.824. The van der Waals surface area contributed by atoms with Crippen LogP contribution in [0.3, 0.4) is 0 Å². The molecule has 2 saturated heterocycles. The molecule has 6 rings (SSSR count). The van der Waals surface area contributed by atoms with Crippen LogP contribution in [0.5, 0.6) is 0 Å². The van der Waals surface area contributed by atoms with E-state index in [1.165, 1.54) is 18.4 Å². The molecule has 3 aromatic rings. The van der Waals surface area contributed by atoms with Gasteiger partial charge in [-0.3, -0.25) is 14.7 Å². The monoisotopic (exact) mass is 509 g/mol. The number of pyridine rings is 2. The van der Waals surface area contributed by atoms with Crippen LogP contribution in [-0.4, -0.2) is 72.1 Å². The maximum Gasteiger partial charge on any atom is 0.281 e. The van der Waals surface area contributed by atoms with Crippen LogP contribution in [0.2, 0.25) is 0 Å². The van der Waals surface area contributed by atoms with E-state index in [1.807, 2.05) is 18.3 Å². The Morgan fingerprint density at radius 1 is 1.03 bits per heavy atom. The van der Waals surface area contributed by atoms with Crippen LogP contribution >= 0.6 is 0 Å². The molecule has 1 radical (unpaired) electrons. The van der Waals surface area contributed by atoms with Crippen molar-refractivity contribution in [2.24, 2.45) is 0 Å². The number of benzene rings is 1. The molecule has 1 amide bonds. The highest BCUT2D eigenvalue weighted by Gasteiger charge is 2.23. The number of hydrogen-bond acceptors (Lipinski definition) is 7. The predicted molar refractivity (Wildman–Crippen MR) is 148 cm³/mol. The number of amides is 1. The maximum absolute atomic E-state index is 12.7. The van der Waals surface area contributed by atoms with Crippen molar-refractivity contribution in [3.05, 3.63) is 77.2 Å². The molecule has 0 aliphatic carbocycles. The first kappa shape index (κ1) is 24.7. The van der Waals surface area contributed by atoms with Gasteiger partial charge < -0.3 is 15.0 Å². The smallest absolute Gasteiger partial charge is 0.281 e. The standard InChI is InChI=1S/C30H33N6O2/c1-35-12-9-22(10-13-35)21-2-5-25(6-3-21)33-29-28-23(8-11-31-30(28)37)18-27(34-29)24-4-7-26(32-19-24)20-36-14-16-38-17-15-36/h2-8,11,18-19,22H,9-10,12-17,20H2,1H3,(H,33,34). The molecule has 1 N–H and O–H groups in total. The summed E-state index contributed by atoms with van der Waals surface area (Å²) in [7, 11) is 2.18. The SMILES string of the molecule is CN1CCC(c2ccc(Nc3nc(-c4ccc(CN5CCOCC5)nc4)cc4c3C(=O)[N]C=C4)cc2)CC1. The lowest BCUT2D eigenvalue weighted by Gasteiger charge is -2.29. The molecule has 195 valence electrons. The number of carbonyl (C=O) groups excluding carboxylic acids is 1. The highest BCUT2D eigenvalue weighted by molar-refractivity contribution is 6.05. The quantitative estimate of drug-likeness (QED) is 0.532. The summed E-state index contributed by atoms with van der Waals surface area (Å²) in [6, 6.07) is 14.6. The van der Waals surface area contributed by atoms with Gasteiger partial charge >= 0.3 is 0 Å². The van der Waals surface area contributed by atoms with Crippen molar-refractivity contribution in [3.8, 4) is 11.3 Å². The van der Waals surface area contributed by atoms with Crippen LogP contribution in [0.4, 0.5) is 11.5 Å². The highest BCUT2D eigenvalue weighted by atomic mass is 16.5. The van der Waals surface area contributed by atoms with Crippen molar-refractivity contribution < 1.29 is 9.53 Å². The fourth-order valence-corrected chi connectivity index (χ4v) is 5.38. The molecule has 5 heterocycles. The third-order valence-corrected chi connectivity index (χ3v) is 7.68. The normalized spacial score (nSPS) is 18.7. The average Bonchev–Trinajstić information content (AvgIpc) is 2.95. The molecule has 2 fully saturated rings. The van der Waals surface area contributed by atoms with Crippen LogP contribution in [0.25, 0.3) is 17.3 Å². The Hall–Kier alpha value is -3.59.